The molecule has 0 saturated carbocycles. The second-order valence-corrected chi connectivity index (χ2v) is 13.0. The Morgan fingerprint density at radius 3 is 2.46 bits per heavy atom. The van der Waals surface area contributed by atoms with Gasteiger partial charge < -0.3 is 14.8 Å². The van der Waals surface area contributed by atoms with E-state index in [9.17, 15) is 23.3 Å². The molecule has 4 aromatic rings. The zero-order chi connectivity index (χ0) is 32.4. The van der Waals surface area contributed by atoms with Crippen molar-refractivity contribution >= 4 is 27.4 Å². The molecule has 0 amide bonds. The summed E-state index contributed by atoms with van der Waals surface area (Å²) in [5, 5.41) is 19.8. The number of benzene rings is 3. The van der Waals surface area contributed by atoms with Crippen LogP contribution >= 0.6 is 0 Å². The Morgan fingerprint density at radius 1 is 1.02 bits per heavy atom. The molecular formula is C32H34N6O7S. The fraction of sp³-hybridized carbons (Fsp3) is 0.312. The van der Waals surface area contributed by atoms with Crippen molar-refractivity contribution in [1.82, 2.24) is 19.0 Å². The Hall–Kier alpha value is -4.79. The van der Waals surface area contributed by atoms with Crippen molar-refractivity contribution in [2.75, 3.05) is 44.6 Å². The zero-order valence-corrected chi connectivity index (χ0v) is 26.3. The van der Waals surface area contributed by atoms with Crippen LogP contribution < -0.4 is 10.1 Å². The molecule has 2 aliphatic heterocycles. The van der Waals surface area contributed by atoms with Crippen molar-refractivity contribution < 1.29 is 27.6 Å². The first-order chi connectivity index (χ1) is 22.2. The minimum atomic E-state index is -4.07. The zero-order valence-electron chi connectivity index (χ0n) is 25.5. The summed E-state index contributed by atoms with van der Waals surface area (Å²) < 4.78 is 41.1. The van der Waals surface area contributed by atoms with E-state index in [1.165, 1.54) is 28.6 Å². The lowest BCUT2D eigenvalue weighted by Gasteiger charge is -2.39. The third-order valence-electron chi connectivity index (χ3n) is 8.12. The fourth-order valence-electron chi connectivity index (χ4n) is 5.93. The summed E-state index contributed by atoms with van der Waals surface area (Å²) in [6, 6.07) is 20.2. The van der Waals surface area contributed by atoms with E-state index in [0.29, 0.717) is 48.9 Å². The van der Waals surface area contributed by atoms with Gasteiger partial charge in [0, 0.05) is 38.8 Å². The number of carbonyl (C=O) groups is 1. The van der Waals surface area contributed by atoms with Crippen LogP contribution in [0, 0.1) is 17.0 Å². The third kappa shape index (κ3) is 6.06. The summed E-state index contributed by atoms with van der Waals surface area (Å²) >= 11 is 0. The van der Waals surface area contributed by atoms with Crippen LogP contribution in [0.4, 0.5) is 11.4 Å². The number of carbonyl (C=O) groups excluding carboxylic acids is 1. The third-order valence-corrected chi connectivity index (χ3v) is 10.1. The monoisotopic (exact) mass is 646 g/mol. The predicted octanol–water partition coefficient (Wildman–Crippen LogP) is 4.92. The van der Waals surface area contributed by atoms with Gasteiger partial charge in [0.05, 0.1) is 28.9 Å². The van der Waals surface area contributed by atoms with Gasteiger partial charge in [0.2, 0.25) is 10.0 Å². The van der Waals surface area contributed by atoms with Crippen LogP contribution in [-0.2, 0) is 14.8 Å². The number of fused-ring (bicyclic) bond motifs is 1. The average molecular weight is 647 g/mol. The van der Waals surface area contributed by atoms with Crippen molar-refractivity contribution in [1.29, 1.82) is 0 Å². The van der Waals surface area contributed by atoms with Gasteiger partial charge in [-0.3, -0.25) is 15.0 Å². The lowest BCUT2D eigenvalue weighted by atomic mass is 10.0. The second-order valence-electron chi connectivity index (χ2n) is 11.0. The first-order valence-corrected chi connectivity index (χ1v) is 16.5. The van der Waals surface area contributed by atoms with Gasteiger partial charge in [-0.15, -0.1) is 0 Å². The normalized spacial score (nSPS) is 17.1. The molecular weight excluding hydrogens is 612 g/mol. The number of aromatic nitrogens is 2. The molecule has 0 spiro atoms. The number of esters is 1. The summed E-state index contributed by atoms with van der Waals surface area (Å²) in [6.45, 7) is 5.59. The Kier molecular flexibility index (Phi) is 8.75. The molecule has 1 aromatic heterocycles. The van der Waals surface area contributed by atoms with Crippen molar-refractivity contribution in [2.45, 2.75) is 31.2 Å². The van der Waals surface area contributed by atoms with Gasteiger partial charge >= 0.3 is 5.97 Å². The number of nitro groups is 1. The van der Waals surface area contributed by atoms with E-state index in [0.717, 1.165) is 11.3 Å². The molecule has 1 N–H and O–H groups in total. The summed E-state index contributed by atoms with van der Waals surface area (Å²) in [6.07, 6.45) is 0.687. The first kappa shape index (κ1) is 31.2. The van der Waals surface area contributed by atoms with Crippen LogP contribution in [-0.4, -0.2) is 77.6 Å². The Morgan fingerprint density at radius 2 is 1.76 bits per heavy atom. The van der Waals surface area contributed by atoms with Crippen LogP contribution in [0.3, 0.4) is 0 Å². The number of rotatable bonds is 9. The molecule has 46 heavy (non-hydrogen) atoms. The Balaban J connectivity index is 1.25. The number of nitrogens with zero attached hydrogens (tertiary/aromatic N) is 5. The molecule has 13 nitrogen and oxygen atoms in total. The topological polar surface area (TPSA) is 149 Å². The maximum atomic E-state index is 13.4. The number of anilines is 1. The summed E-state index contributed by atoms with van der Waals surface area (Å²) in [4.78, 5) is 25.9. The summed E-state index contributed by atoms with van der Waals surface area (Å²) in [5.41, 5.74) is 2.83. The summed E-state index contributed by atoms with van der Waals surface area (Å²) in [7, 11) is -4.07. The highest BCUT2D eigenvalue weighted by Gasteiger charge is 2.39. The van der Waals surface area contributed by atoms with Crippen LogP contribution in [0.2, 0.25) is 0 Å². The number of ether oxygens (including phenoxy) is 2. The molecule has 0 bridgehead atoms. The fourth-order valence-corrected chi connectivity index (χ4v) is 7.51. The highest BCUT2D eigenvalue weighted by molar-refractivity contribution is 7.89. The first-order valence-electron chi connectivity index (χ1n) is 15.0. The molecule has 1 atom stereocenters. The second kappa shape index (κ2) is 12.9. The molecule has 2 aliphatic rings. The van der Waals surface area contributed by atoms with Crippen molar-refractivity contribution in [3.8, 4) is 17.2 Å². The minimum Gasteiger partial charge on any atom is -0.461 e. The molecule has 3 aromatic carbocycles. The quantitative estimate of drug-likeness (QED) is 0.151. The predicted molar refractivity (Wildman–Crippen MR) is 170 cm³/mol. The van der Waals surface area contributed by atoms with Crippen LogP contribution in [0.15, 0.2) is 77.7 Å². The molecule has 6 rings (SSSR count). The van der Waals surface area contributed by atoms with Crippen molar-refractivity contribution in [2.24, 2.45) is 0 Å². The highest BCUT2D eigenvalue weighted by Crippen LogP contribution is 2.38. The van der Waals surface area contributed by atoms with Gasteiger partial charge in [-0.05, 0) is 68.3 Å². The maximum Gasteiger partial charge on any atom is 0.359 e. The van der Waals surface area contributed by atoms with E-state index >= 15 is 0 Å². The number of hydrogen-bond donors (Lipinski definition) is 1. The van der Waals surface area contributed by atoms with E-state index in [-0.39, 0.29) is 36.3 Å². The standard InChI is InChI=1S/C32H34N6O7S/c1-3-44-32(39)31-30-29(34-37(31)23-11-13-24(14-12-23)45-25-8-6-7-22(2)21-25)27(15-16-33-30)35-17-19-36(20-18-35)46(42,43)28-10-5-4-9-26(28)38(40)41/h4-14,21,27,33H,3,15-20H2,1-2H3/t27-/m1/s1. The lowest BCUT2D eigenvalue weighted by molar-refractivity contribution is -0.387. The number of aryl methyl sites for hydroxylation is 1. The average Bonchev–Trinajstić information content (AvgIpc) is 3.45. The number of piperazine rings is 1. The van der Waals surface area contributed by atoms with Crippen molar-refractivity contribution in [3.63, 3.8) is 0 Å². The molecule has 1 saturated heterocycles. The molecule has 1 fully saturated rings. The van der Waals surface area contributed by atoms with Gasteiger partial charge in [-0.25, -0.2) is 17.9 Å². The number of nitro benzene ring substituents is 1. The van der Waals surface area contributed by atoms with Gasteiger partial charge in [-0.1, -0.05) is 24.3 Å². The number of nitrogens with one attached hydrogen (secondary N) is 1. The van der Waals surface area contributed by atoms with E-state index < -0.39 is 26.6 Å². The molecule has 14 heteroatoms. The molecule has 0 aliphatic carbocycles. The molecule has 0 unspecified atom stereocenters. The number of para-hydroxylation sites is 1. The lowest BCUT2D eigenvalue weighted by Crippen LogP contribution is -2.50. The smallest absolute Gasteiger partial charge is 0.359 e. The van der Waals surface area contributed by atoms with E-state index in [1.54, 1.807) is 11.6 Å². The SMILES string of the molecule is CCOC(=O)c1c2c(nn1-c1ccc(Oc3cccc(C)c3)cc1)[C@H](N1CCN(S(=O)(=O)c3ccccc3[N+](=O)[O-])CC1)CCN2. The maximum absolute atomic E-state index is 13.4. The van der Waals surface area contributed by atoms with E-state index in [1.807, 2.05) is 55.5 Å². The summed E-state index contributed by atoms with van der Waals surface area (Å²) in [5.74, 6) is 0.843. The minimum absolute atomic E-state index is 0.154. The van der Waals surface area contributed by atoms with Gasteiger partial charge in [0.15, 0.2) is 10.6 Å². The van der Waals surface area contributed by atoms with Crippen LogP contribution in [0.25, 0.3) is 5.69 Å². The highest BCUT2D eigenvalue weighted by atomic mass is 32.2. The van der Waals surface area contributed by atoms with E-state index in [4.69, 9.17) is 14.6 Å². The van der Waals surface area contributed by atoms with Crippen LogP contribution in [0.1, 0.15) is 41.1 Å². The molecule has 240 valence electrons. The van der Waals surface area contributed by atoms with E-state index in [2.05, 4.69) is 10.2 Å². The Labute approximate surface area is 266 Å². The van der Waals surface area contributed by atoms with Gasteiger partial charge in [0.1, 0.15) is 17.2 Å². The van der Waals surface area contributed by atoms with Gasteiger partial charge in [0.25, 0.3) is 5.69 Å². The van der Waals surface area contributed by atoms with Crippen LogP contribution in [0.5, 0.6) is 11.5 Å². The van der Waals surface area contributed by atoms with Crippen molar-refractivity contribution in [3.05, 3.63) is 99.9 Å². The number of hydrogen-bond acceptors (Lipinski definition) is 10. The Bertz CT molecular complexity index is 1870. The molecule has 3 heterocycles. The van der Waals surface area contributed by atoms with Gasteiger partial charge in [-0.2, -0.15) is 9.40 Å². The molecule has 0 radical (unpaired) electrons. The largest absolute Gasteiger partial charge is 0.461 e. The number of sulfonamides is 1.